The Labute approximate surface area is 359 Å². The zero-order valence-electron chi connectivity index (χ0n) is 33.7. The van der Waals surface area contributed by atoms with Gasteiger partial charge in [0.05, 0.1) is 27.8 Å². The van der Waals surface area contributed by atoms with Crippen LogP contribution in [0.4, 0.5) is 0 Å². The van der Waals surface area contributed by atoms with Crippen LogP contribution in [0.1, 0.15) is 22.3 Å². The Hall–Kier alpha value is -8.14. The van der Waals surface area contributed by atoms with Crippen molar-refractivity contribution in [3.8, 4) is 73.0 Å². The van der Waals surface area contributed by atoms with Gasteiger partial charge >= 0.3 is 0 Å². The molecule has 2 aliphatic rings. The molecule has 62 heavy (non-hydrogen) atoms. The molecule has 11 aromatic rings. The molecular formula is C59H37N3. The minimum Gasteiger partial charge on any atom is -0.309 e. The van der Waals surface area contributed by atoms with E-state index in [1.165, 1.54) is 71.9 Å². The Balaban J connectivity index is 0.934. The van der Waals surface area contributed by atoms with Crippen molar-refractivity contribution in [2.45, 2.75) is 5.41 Å². The number of benzene rings is 9. The van der Waals surface area contributed by atoms with Crippen LogP contribution in [-0.4, -0.2) is 14.5 Å². The molecule has 0 fully saturated rings. The van der Waals surface area contributed by atoms with E-state index in [-0.39, 0.29) is 0 Å². The summed E-state index contributed by atoms with van der Waals surface area (Å²) in [5, 5.41) is 2.49. The molecule has 2 heterocycles. The van der Waals surface area contributed by atoms with Crippen molar-refractivity contribution in [2.75, 3.05) is 0 Å². The van der Waals surface area contributed by atoms with Gasteiger partial charge in [-0.25, -0.2) is 9.97 Å². The van der Waals surface area contributed by atoms with Gasteiger partial charge in [0.25, 0.3) is 0 Å². The molecule has 2 aliphatic carbocycles. The number of aromatic nitrogens is 3. The van der Waals surface area contributed by atoms with Crippen LogP contribution in [0, 0.1) is 0 Å². The lowest BCUT2D eigenvalue weighted by molar-refractivity contribution is 0.794. The van der Waals surface area contributed by atoms with Crippen LogP contribution in [0.2, 0.25) is 0 Å². The molecule has 0 unspecified atom stereocenters. The van der Waals surface area contributed by atoms with Gasteiger partial charge in [-0.3, -0.25) is 0 Å². The number of hydrogen-bond acceptors (Lipinski definition) is 2. The van der Waals surface area contributed by atoms with E-state index in [4.69, 9.17) is 9.97 Å². The zero-order valence-corrected chi connectivity index (χ0v) is 33.7. The Kier molecular flexibility index (Phi) is 7.52. The average Bonchev–Trinajstić information content (AvgIpc) is 3.96. The molecule has 3 heteroatoms. The van der Waals surface area contributed by atoms with Crippen LogP contribution in [0.15, 0.2) is 224 Å². The van der Waals surface area contributed by atoms with Crippen molar-refractivity contribution in [1.82, 2.24) is 14.5 Å². The second-order valence-corrected chi connectivity index (χ2v) is 16.5. The third kappa shape index (κ3) is 5.00. The summed E-state index contributed by atoms with van der Waals surface area (Å²) < 4.78 is 2.34. The second-order valence-electron chi connectivity index (χ2n) is 16.5. The van der Waals surface area contributed by atoms with Gasteiger partial charge in [0.15, 0.2) is 5.82 Å². The Morgan fingerprint density at radius 2 is 0.774 bits per heavy atom. The number of para-hydroxylation sites is 2. The molecule has 1 spiro atoms. The van der Waals surface area contributed by atoms with Gasteiger partial charge in [-0.1, -0.05) is 170 Å². The average molecular weight is 788 g/mol. The topological polar surface area (TPSA) is 30.7 Å². The van der Waals surface area contributed by atoms with Gasteiger partial charge in [0, 0.05) is 33.2 Å². The standard InChI is InChI=1S/C59H37N3/c1-2-15-38(16-3-1)54-37-55(61-58(60-54)39-29-32-43(33-30-39)62-56-27-12-7-22-48(56)49-23-8-13-28-57(49)62)42-18-14-17-40(35-42)41-31-34-47-46-21-6-11-26-52(46)59(53(47)36-41)50-24-9-4-19-44(50)45-20-5-10-25-51(45)59/h1-37H. The molecule has 2 aromatic heterocycles. The molecule has 13 rings (SSSR count). The molecule has 0 atom stereocenters. The van der Waals surface area contributed by atoms with Crippen molar-refractivity contribution in [3.05, 3.63) is 247 Å². The zero-order chi connectivity index (χ0) is 40.8. The van der Waals surface area contributed by atoms with Gasteiger partial charge in [-0.05, 0) is 110 Å². The number of nitrogens with zero attached hydrogens (tertiary/aromatic N) is 3. The SMILES string of the molecule is c1ccc(-c2cc(-c3cccc(-c4ccc5c(c4)C4(c6ccccc6-c6ccccc64)c4ccccc4-5)c3)nc(-c3ccc(-n4c5ccccc5c5ccccc54)cc3)n2)cc1. The van der Waals surface area contributed by atoms with Crippen molar-refractivity contribution >= 4 is 21.8 Å². The van der Waals surface area contributed by atoms with E-state index in [2.05, 4.69) is 223 Å². The molecule has 0 aliphatic heterocycles. The fourth-order valence-electron chi connectivity index (χ4n) is 10.6. The Morgan fingerprint density at radius 3 is 1.40 bits per heavy atom. The number of fused-ring (bicyclic) bond motifs is 13. The van der Waals surface area contributed by atoms with Crippen molar-refractivity contribution in [3.63, 3.8) is 0 Å². The maximum Gasteiger partial charge on any atom is 0.160 e. The molecule has 0 bridgehead atoms. The quantitative estimate of drug-likeness (QED) is 0.174. The van der Waals surface area contributed by atoms with Gasteiger partial charge in [0.2, 0.25) is 0 Å². The van der Waals surface area contributed by atoms with E-state index in [9.17, 15) is 0 Å². The van der Waals surface area contributed by atoms with Crippen LogP contribution >= 0.6 is 0 Å². The molecule has 0 saturated carbocycles. The van der Waals surface area contributed by atoms with Gasteiger partial charge in [-0.2, -0.15) is 0 Å². The van der Waals surface area contributed by atoms with Crippen LogP contribution in [0.5, 0.6) is 0 Å². The summed E-state index contributed by atoms with van der Waals surface area (Å²) in [6, 6.07) is 81.4. The smallest absolute Gasteiger partial charge is 0.160 e. The molecule has 0 amide bonds. The lowest BCUT2D eigenvalue weighted by Crippen LogP contribution is -2.25. The van der Waals surface area contributed by atoms with Crippen LogP contribution in [0.3, 0.4) is 0 Å². The summed E-state index contributed by atoms with van der Waals surface area (Å²) in [7, 11) is 0. The summed E-state index contributed by atoms with van der Waals surface area (Å²) in [6.45, 7) is 0. The first kappa shape index (κ1) is 34.7. The fraction of sp³-hybridized carbons (Fsp3) is 0.0169. The maximum absolute atomic E-state index is 5.30. The van der Waals surface area contributed by atoms with Crippen LogP contribution < -0.4 is 0 Å². The highest BCUT2D eigenvalue weighted by molar-refractivity contribution is 6.09. The van der Waals surface area contributed by atoms with Crippen molar-refractivity contribution in [1.29, 1.82) is 0 Å². The van der Waals surface area contributed by atoms with E-state index >= 15 is 0 Å². The normalized spacial score (nSPS) is 13.0. The van der Waals surface area contributed by atoms with E-state index in [0.717, 1.165) is 39.3 Å². The van der Waals surface area contributed by atoms with Gasteiger partial charge in [0.1, 0.15) is 0 Å². The third-order valence-corrected chi connectivity index (χ3v) is 13.2. The minimum atomic E-state index is -0.393. The van der Waals surface area contributed by atoms with E-state index in [1.54, 1.807) is 0 Å². The first-order valence-corrected chi connectivity index (χ1v) is 21.3. The lowest BCUT2D eigenvalue weighted by atomic mass is 9.70. The van der Waals surface area contributed by atoms with Gasteiger partial charge in [-0.15, -0.1) is 0 Å². The summed E-state index contributed by atoms with van der Waals surface area (Å²) in [5.41, 5.74) is 20.8. The van der Waals surface area contributed by atoms with Crippen molar-refractivity contribution in [2.24, 2.45) is 0 Å². The highest BCUT2D eigenvalue weighted by Crippen LogP contribution is 2.63. The lowest BCUT2D eigenvalue weighted by Gasteiger charge is -2.30. The number of hydrogen-bond donors (Lipinski definition) is 0. The number of rotatable bonds is 5. The summed E-state index contributed by atoms with van der Waals surface area (Å²) in [6.07, 6.45) is 0. The first-order chi connectivity index (χ1) is 30.7. The highest BCUT2D eigenvalue weighted by atomic mass is 15.0. The maximum atomic E-state index is 5.30. The Bertz CT molecular complexity index is 3460. The van der Waals surface area contributed by atoms with E-state index in [0.29, 0.717) is 5.82 Å². The largest absolute Gasteiger partial charge is 0.309 e. The Morgan fingerprint density at radius 1 is 0.306 bits per heavy atom. The molecule has 9 aromatic carbocycles. The van der Waals surface area contributed by atoms with Gasteiger partial charge < -0.3 is 4.57 Å². The molecule has 0 N–H and O–H groups in total. The van der Waals surface area contributed by atoms with Crippen LogP contribution in [-0.2, 0) is 5.41 Å². The third-order valence-electron chi connectivity index (χ3n) is 13.2. The minimum absolute atomic E-state index is 0.393. The predicted octanol–water partition coefficient (Wildman–Crippen LogP) is 14.6. The predicted molar refractivity (Wildman–Crippen MR) is 254 cm³/mol. The van der Waals surface area contributed by atoms with Crippen LogP contribution in [0.25, 0.3) is 94.8 Å². The van der Waals surface area contributed by atoms with Crippen molar-refractivity contribution < 1.29 is 0 Å². The molecular weight excluding hydrogens is 751 g/mol. The summed E-state index contributed by atoms with van der Waals surface area (Å²) in [5.74, 6) is 0.691. The fourth-order valence-corrected chi connectivity index (χ4v) is 10.6. The van der Waals surface area contributed by atoms with E-state index < -0.39 is 5.41 Å². The van der Waals surface area contributed by atoms with E-state index in [1.807, 2.05) is 6.07 Å². The summed E-state index contributed by atoms with van der Waals surface area (Å²) in [4.78, 5) is 10.5. The second kappa shape index (κ2) is 13.4. The molecule has 3 nitrogen and oxygen atoms in total. The molecule has 0 saturated heterocycles. The molecule has 0 radical (unpaired) electrons. The first-order valence-electron chi connectivity index (χ1n) is 21.3. The monoisotopic (exact) mass is 787 g/mol. The highest BCUT2D eigenvalue weighted by Gasteiger charge is 2.51. The summed E-state index contributed by atoms with van der Waals surface area (Å²) >= 11 is 0. The molecule has 288 valence electrons.